The fraction of sp³-hybridized carbons (Fsp3) is 0.278. The van der Waals surface area contributed by atoms with Gasteiger partial charge >= 0.3 is 0 Å². The number of nitrogens with one attached hydrogen (secondary N) is 1. The van der Waals surface area contributed by atoms with Crippen LogP contribution in [-0.4, -0.2) is 32.8 Å². The number of carbonyl (C=O) groups excluding carboxylic acids is 1. The molecule has 1 amide bonds. The van der Waals surface area contributed by atoms with Crippen molar-refractivity contribution < 1.29 is 23.7 Å². The van der Waals surface area contributed by atoms with E-state index in [9.17, 15) is 4.79 Å². The van der Waals surface area contributed by atoms with Crippen LogP contribution in [0.4, 0.5) is 0 Å². The van der Waals surface area contributed by atoms with Gasteiger partial charge in [-0.1, -0.05) is 12.1 Å². The number of hydrogen-bond donors (Lipinski definition) is 1. The number of fused-ring (bicyclic) bond motifs is 1. The molecule has 0 aromatic heterocycles. The number of methoxy groups -OCH3 is 2. The van der Waals surface area contributed by atoms with Gasteiger partial charge in [0.05, 0.1) is 14.2 Å². The summed E-state index contributed by atoms with van der Waals surface area (Å²) in [5.74, 6) is 2.36. The molecule has 2 aromatic carbocycles. The van der Waals surface area contributed by atoms with Gasteiger partial charge in [0.2, 0.25) is 6.10 Å². The number of amides is 1. The van der Waals surface area contributed by atoms with Crippen LogP contribution in [0.15, 0.2) is 42.5 Å². The Hall–Kier alpha value is -2.89. The molecule has 6 heteroatoms. The van der Waals surface area contributed by atoms with E-state index in [0.717, 1.165) is 5.56 Å². The van der Waals surface area contributed by atoms with Crippen LogP contribution in [0.1, 0.15) is 5.56 Å². The normalized spacial score (nSPS) is 15.5. The topological polar surface area (TPSA) is 66.0 Å². The molecule has 0 saturated heterocycles. The maximum absolute atomic E-state index is 12.3. The summed E-state index contributed by atoms with van der Waals surface area (Å²) in [5.41, 5.74) is 0.822. The van der Waals surface area contributed by atoms with Crippen LogP contribution in [-0.2, 0) is 11.3 Å². The van der Waals surface area contributed by atoms with Crippen LogP contribution in [0.3, 0.4) is 0 Å². The van der Waals surface area contributed by atoms with Crippen molar-refractivity contribution in [3.05, 3.63) is 48.0 Å². The lowest BCUT2D eigenvalue weighted by atomic mass is 10.2. The van der Waals surface area contributed by atoms with Crippen molar-refractivity contribution >= 4 is 5.91 Å². The minimum absolute atomic E-state index is 0.179. The number of para-hydroxylation sites is 2. The van der Waals surface area contributed by atoms with Crippen LogP contribution < -0.4 is 24.3 Å². The third kappa shape index (κ3) is 3.37. The highest BCUT2D eigenvalue weighted by Crippen LogP contribution is 2.31. The number of carbonyl (C=O) groups is 1. The van der Waals surface area contributed by atoms with E-state index in [1.54, 1.807) is 32.4 Å². The van der Waals surface area contributed by atoms with Gasteiger partial charge in [-0.05, 0) is 30.3 Å². The Labute approximate surface area is 140 Å². The van der Waals surface area contributed by atoms with E-state index in [-0.39, 0.29) is 12.5 Å². The third-order valence-electron chi connectivity index (χ3n) is 3.74. The molecule has 0 saturated carbocycles. The summed E-state index contributed by atoms with van der Waals surface area (Å²) in [5, 5.41) is 2.85. The number of benzene rings is 2. The van der Waals surface area contributed by atoms with Gasteiger partial charge in [0.1, 0.15) is 18.1 Å². The van der Waals surface area contributed by atoms with E-state index >= 15 is 0 Å². The molecular weight excluding hydrogens is 310 g/mol. The smallest absolute Gasteiger partial charge is 0.264 e. The third-order valence-corrected chi connectivity index (χ3v) is 3.74. The number of ether oxygens (including phenoxy) is 4. The fourth-order valence-corrected chi connectivity index (χ4v) is 2.46. The highest BCUT2D eigenvalue weighted by atomic mass is 16.6. The van der Waals surface area contributed by atoms with Crippen LogP contribution >= 0.6 is 0 Å². The molecule has 126 valence electrons. The molecule has 1 heterocycles. The summed E-state index contributed by atoms with van der Waals surface area (Å²) >= 11 is 0. The highest BCUT2D eigenvalue weighted by molar-refractivity contribution is 5.81. The molecule has 0 radical (unpaired) electrons. The predicted molar refractivity (Wildman–Crippen MR) is 87.7 cm³/mol. The van der Waals surface area contributed by atoms with E-state index in [1.165, 1.54) is 0 Å². The first-order valence-corrected chi connectivity index (χ1v) is 7.58. The van der Waals surface area contributed by atoms with Crippen molar-refractivity contribution in [1.82, 2.24) is 5.32 Å². The SMILES string of the molecule is COc1ccc(OC)c(CNC(=O)C2COc3ccccc3O2)c1. The van der Waals surface area contributed by atoms with Crippen LogP contribution in [0, 0.1) is 0 Å². The zero-order valence-corrected chi connectivity index (χ0v) is 13.6. The van der Waals surface area contributed by atoms with Gasteiger partial charge in [-0.25, -0.2) is 0 Å². The molecule has 3 rings (SSSR count). The maximum atomic E-state index is 12.3. The molecule has 0 spiro atoms. The predicted octanol–water partition coefficient (Wildman–Crippen LogP) is 2.16. The van der Waals surface area contributed by atoms with Gasteiger partial charge in [-0.2, -0.15) is 0 Å². The molecule has 1 unspecified atom stereocenters. The van der Waals surface area contributed by atoms with Gasteiger partial charge in [0, 0.05) is 12.1 Å². The van der Waals surface area contributed by atoms with Crippen molar-refractivity contribution in [2.75, 3.05) is 20.8 Å². The standard InChI is InChI=1S/C18H19NO5/c1-21-13-7-8-14(22-2)12(9-13)10-19-18(20)17-11-23-15-5-3-4-6-16(15)24-17/h3-9,17H,10-11H2,1-2H3,(H,19,20). The Kier molecular flexibility index (Phi) is 4.74. The Balaban J connectivity index is 1.64. The first-order valence-electron chi connectivity index (χ1n) is 7.58. The first-order chi connectivity index (χ1) is 11.7. The second-order valence-electron chi connectivity index (χ2n) is 5.26. The lowest BCUT2D eigenvalue weighted by molar-refractivity contribution is -0.130. The minimum atomic E-state index is -0.684. The van der Waals surface area contributed by atoms with E-state index in [4.69, 9.17) is 18.9 Å². The lowest BCUT2D eigenvalue weighted by Gasteiger charge is -2.25. The van der Waals surface area contributed by atoms with Crippen molar-refractivity contribution in [3.63, 3.8) is 0 Å². The van der Waals surface area contributed by atoms with Crippen molar-refractivity contribution in [2.45, 2.75) is 12.6 Å². The molecule has 6 nitrogen and oxygen atoms in total. The molecular formula is C18H19NO5. The van der Waals surface area contributed by atoms with Crippen molar-refractivity contribution in [1.29, 1.82) is 0 Å². The minimum Gasteiger partial charge on any atom is -0.497 e. The average molecular weight is 329 g/mol. The fourth-order valence-electron chi connectivity index (χ4n) is 2.46. The lowest BCUT2D eigenvalue weighted by Crippen LogP contribution is -2.43. The summed E-state index contributed by atoms with van der Waals surface area (Å²) < 4.78 is 21.8. The quantitative estimate of drug-likeness (QED) is 0.910. The Morgan fingerprint density at radius 1 is 1.17 bits per heavy atom. The van der Waals surface area contributed by atoms with Crippen molar-refractivity contribution in [2.24, 2.45) is 0 Å². The second-order valence-corrected chi connectivity index (χ2v) is 5.26. The molecule has 1 atom stereocenters. The van der Waals surface area contributed by atoms with E-state index in [2.05, 4.69) is 5.32 Å². The molecule has 1 aliphatic rings. The second kappa shape index (κ2) is 7.12. The Morgan fingerprint density at radius 3 is 2.71 bits per heavy atom. The Bertz CT molecular complexity index is 731. The van der Waals surface area contributed by atoms with Crippen LogP contribution in [0.2, 0.25) is 0 Å². The molecule has 2 aromatic rings. The first kappa shape index (κ1) is 16.0. The van der Waals surface area contributed by atoms with Crippen LogP contribution in [0.25, 0.3) is 0 Å². The van der Waals surface area contributed by atoms with E-state index in [0.29, 0.717) is 29.5 Å². The summed E-state index contributed by atoms with van der Waals surface area (Å²) in [7, 11) is 3.18. The van der Waals surface area contributed by atoms with Gasteiger partial charge in [-0.3, -0.25) is 4.79 Å². The summed E-state index contributed by atoms with van der Waals surface area (Å²) in [4.78, 5) is 12.3. The van der Waals surface area contributed by atoms with Gasteiger partial charge < -0.3 is 24.3 Å². The van der Waals surface area contributed by atoms with Gasteiger partial charge in [-0.15, -0.1) is 0 Å². The molecule has 1 aliphatic heterocycles. The molecule has 1 N–H and O–H groups in total. The Morgan fingerprint density at radius 2 is 1.96 bits per heavy atom. The van der Waals surface area contributed by atoms with E-state index in [1.807, 2.05) is 24.3 Å². The zero-order chi connectivity index (χ0) is 16.9. The summed E-state index contributed by atoms with van der Waals surface area (Å²) in [6, 6.07) is 12.7. The summed E-state index contributed by atoms with van der Waals surface area (Å²) in [6.07, 6.45) is -0.684. The van der Waals surface area contributed by atoms with E-state index < -0.39 is 6.10 Å². The number of hydrogen-bond acceptors (Lipinski definition) is 5. The maximum Gasteiger partial charge on any atom is 0.264 e. The van der Waals surface area contributed by atoms with Gasteiger partial charge in [0.15, 0.2) is 11.5 Å². The molecule has 0 bridgehead atoms. The molecule has 0 aliphatic carbocycles. The summed E-state index contributed by atoms with van der Waals surface area (Å²) in [6.45, 7) is 0.485. The largest absolute Gasteiger partial charge is 0.497 e. The van der Waals surface area contributed by atoms with Crippen LogP contribution in [0.5, 0.6) is 23.0 Å². The van der Waals surface area contributed by atoms with Gasteiger partial charge in [0.25, 0.3) is 5.91 Å². The van der Waals surface area contributed by atoms with Crippen molar-refractivity contribution in [3.8, 4) is 23.0 Å². The highest BCUT2D eigenvalue weighted by Gasteiger charge is 2.27. The monoisotopic (exact) mass is 329 g/mol. The zero-order valence-electron chi connectivity index (χ0n) is 13.6. The molecule has 0 fully saturated rings. The molecule has 24 heavy (non-hydrogen) atoms. The number of rotatable bonds is 5. The average Bonchev–Trinajstić information content (AvgIpc) is 2.65.